The van der Waals surface area contributed by atoms with Crippen LogP contribution in [0, 0.1) is 17.5 Å². The molecule has 0 radical (unpaired) electrons. The zero-order valence-corrected chi connectivity index (χ0v) is 40.9. The summed E-state index contributed by atoms with van der Waals surface area (Å²) >= 11 is 8.86. The van der Waals surface area contributed by atoms with Crippen molar-refractivity contribution in [2.45, 2.75) is 50.0 Å². The minimum Gasteiger partial charge on any atom is -0.465 e. The average Bonchev–Trinajstić information content (AvgIpc) is 3.95. The summed E-state index contributed by atoms with van der Waals surface area (Å²) in [6.07, 6.45) is 1.31. The first-order chi connectivity index (χ1) is 28.6. The summed E-state index contributed by atoms with van der Waals surface area (Å²) in [7, 11) is -5.50. The molecule has 18 heteroatoms. The number of fused-ring (bicyclic) bond motifs is 2. The van der Waals surface area contributed by atoms with Gasteiger partial charge in [-0.3, -0.25) is 0 Å². The highest BCUT2D eigenvalue weighted by Gasteiger charge is 2.33. The Labute approximate surface area is 384 Å². The van der Waals surface area contributed by atoms with Gasteiger partial charge in [0, 0.05) is 26.3 Å². The van der Waals surface area contributed by atoms with Crippen LogP contribution < -0.4 is 0 Å². The van der Waals surface area contributed by atoms with Gasteiger partial charge in [-0.25, -0.2) is 39.2 Å². The third-order valence-corrected chi connectivity index (χ3v) is 15.5. The second kappa shape index (κ2) is 17.7. The number of aryl methyl sites for hydroxylation is 2. The predicted octanol–water partition coefficient (Wildman–Crippen LogP) is 9.71. The lowest BCUT2D eigenvalue weighted by Gasteiger charge is -2.24. The van der Waals surface area contributed by atoms with E-state index in [1.165, 1.54) is 45.3 Å². The number of carbonyl (C=O) groups excluding carboxylic acids is 3. The van der Waals surface area contributed by atoms with Crippen LogP contribution in [0.4, 0.5) is 4.79 Å². The first kappa shape index (κ1) is 46.0. The minimum atomic E-state index is -4.14. The number of hydrogen-bond acceptors (Lipinski definition) is 10. The van der Waals surface area contributed by atoms with Gasteiger partial charge >= 0.3 is 18.0 Å². The van der Waals surface area contributed by atoms with Crippen molar-refractivity contribution in [3.63, 3.8) is 0 Å². The molecule has 0 saturated heterocycles. The average molecular weight is 1110 g/mol. The number of rotatable bonds is 7. The number of aromatic nitrogens is 2. The standard InChI is InChI=1S/C26H27BrN2O6S.C17H13BrINO4S/c1-16-6-8-18(9-7-16)36(32,33)29-22(17-12-13-28(15-17)25(31)35-26(2,3)4)14-20-21(27)11-10-19(23(20)29)24(30)34-5;1-10-3-5-11(6-4-10)25(22,23)20-15(19)9-13-14(18)8-7-12(16(13)20)17(21)24-2/h6-12,14H,13,15H2,1-5H3;3-9H,1-2H3. The molecule has 4 aromatic carbocycles. The molecule has 0 fully saturated rings. The number of halogens is 3. The number of benzene rings is 4. The van der Waals surface area contributed by atoms with Crippen LogP contribution >= 0.6 is 54.5 Å². The molecule has 0 spiro atoms. The normalized spacial score (nSPS) is 13.1. The summed E-state index contributed by atoms with van der Waals surface area (Å²) in [5.41, 5.74) is 2.99. The van der Waals surface area contributed by atoms with Crippen molar-refractivity contribution in [1.29, 1.82) is 0 Å². The first-order valence-electron chi connectivity index (χ1n) is 18.4. The molecule has 0 unspecified atom stereocenters. The van der Waals surface area contributed by atoms with Crippen LogP contribution in [-0.4, -0.2) is 80.6 Å². The molecule has 1 amide bonds. The second-order valence-electron chi connectivity index (χ2n) is 14.9. The highest BCUT2D eigenvalue weighted by molar-refractivity contribution is 14.1. The van der Waals surface area contributed by atoms with Crippen molar-refractivity contribution in [2.24, 2.45) is 0 Å². The van der Waals surface area contributed by atoms with E-state index >= 15 is 0 Å². The third kappa shape index (κ3) is 9.19. The molecule has 13 nitrogen and oxygen atoms in total. The zero-order chi connectivity index (χ0) is 44.8. The topological polar surface area (TPSA) is 160 Å². The summed E-state index contributed by atoms with van der Waals surface area (Å²) in [5, 5.41) is 1.16. The lowest BCUT2D eigenvalue weighted by atomic mass is 10.1. The van der Waals surface area contributed by atoms with E-state index in [9.17, 15) is 31.2 Å². The molecule has 0 bridgehead atoms. The van der Waals surface area contributed by atoms with E-state index in [1.54, 1.807) is 93.6 Å². The largest absolute Gasteiger partial charge is 0.465 e. The summed E-state index contributed by atoms with van der Waals surface area (Å²) < 4.78 is 73.9. The number of amides is 1. The molecular formula is C43H40Br2IN3O10S2. The van der Waals surface area contributed by atoms with E-state index in [0.717, 1.165) is 11.1 Å². The molecule has 0 atom stereocenters. The highest BCUT2D eigenvalue weighted by Crippen LogP contribution is 2.38. The van der Waals surface area contributed by atoms with Crippen molar-refractivity contribution >= 4 is 120 Å². The fourth-order valence-electron chi connectivity index (χ4n) is 6.57. The Morgan fingerprint density at radius 3 is 1.57 bits per heavy atom. The van der Waals surface area contributed by atoms with Crippen LogP contribution in [0.3, 0.4) is 0 Å². The van der Waals surface area contributed by atoms with E-state index in [4.69, 9.17) is 14.2 Å². The van der Waals surface area contributed by atoms with Crippen LogP contribution in [0.25, 0.3) is 27.4 Å². The van der Waals surface area contributed by atoms with Crippen LogP contribution in [0.1, 0.15) is 58.3 Å². The van der Waals surface area contributed by atoms with Gasteiger partial charge in [0.15, 0.2) is 0 Å². The monoisotopic (exact) mass is 1110 g/mol. The fourth-order valence-corrected chi connectivity index (χ4v) is 11.7. The van der Waals surface area contributed by atoms with E-state index in [1.807, 2.05) is 36.4 Å². The predicted molar refractivity (Wildman–Crippen MR) is 248 cm³/mol. The van der Waals surface area contributed by atoms with E-state index in [-0.39, 0.29) is 39.5 Å². The van der Waals surface area contributed by atoms with Gasteiger partial charge in [-0.05, 0) is 123 Å². The van der Waals surface area contributed by atoms with E-state index in [0.29, 0.717) is 40.2 Å². The van der Waals surface area contributed by atoms with Gasteiger partial charge in [0.25, 0.3) is 20.0 Å². The molecule has 6 aromatic rings. The molecule has 0 saturated carbocycles. The van der Waals surface area contributed by atoms with Crippen LogP contribution in [-0.2, 0) is 34.3 Å². The van der Waals surface area contributed by atoms with Crippen molar-refractivity contribution in [3.05, 3.63) is 132 Å². The van der Waals surface area contributed by atoms with Gasteiger partial charge in [-0.1, -0.05) is 73.3 Å². The zero-order valence-electron chi connectivity index (χ0n) is 33.9. The van der Waals surface area contributed by atoms with Gasteiger partial charge in [0.05, 0.1) is 62.1 Å². The number of esters is 2. The number of hydrogen-bond donors (Lipinski definition) is 0. The number of ether oxygens (including phenoxy) is 3. The Balaban J connectivity index is 0.000000218. The molecule has 61 heavy (non-hydrogen) atoms. The summed E-state index contributed by atoms with van der Waals surface area (Å²) in [6.45, 7) is 9.53. The van der Waals surface area contributed by atoms with Crippen molar-refractivity contribution < 1.29 is 45.4 Å². The Hall–Kier alpha value is -4.50. The van der Waals surface area contributed by atoms with Crippen LogP contribution in [0.2, 0.25) is 0 Å². The van der Waals surface area contributed by atoms with Crippen molar-refractivity contribution in [2.75, 3.05) is 27.3 Å². The molecule has 1 aliphatic rings. The van der Waals surface area contributed by atoms with Gasteiger partial charge in [-0.2, -0.15) is 0 Å². The van der Waals surface area contributed by atoms with E-state index < -0.39 is 43.7 Å². The molecule has 7 rings (SSSR count). The number of carbonyl (C=O) groups is 3. The maximum atomic E-state index is 14.0. The molecule has 3 heterocycles. The Morgan fingerprint density at radius 1 is 0.672 bits per heavy atom. The highest BCUT2D eigenvalue weighted by atomic mass is 127. The molecule has 0 N–H and O–H groups in total. The summed E-state index contributed by atoms with van der Waals surface area (Å²) in [6, 6.07) is 23.0. The smallest absolute Gasteiger partial charge is 0.410 e. The minimum absolute atomic E-state index is 0.0743. The van der Waals surface area contributed by atoms with Gasteiger partial charge in [0.1, 0.15) is 5.60 Å². The second-order valence-corrected chi connectivity index (χ2v) is 21.3. The quantitative estimate of drug-likeness (QED) is 0.0856. The maximum Gasteiger partial charge on any atom is 0.410 e. The fraction of sp³-hybridized carbons (Fsp3) is 0.233. The van der Waals surface area contributed by atoms with Crippen molar-refractivity contribution in [1.82, 2.24) is 12.8 Å². The Morgan fingerprint density at radius 2 is 1.11 bits per heavy atom. The third-order valence-electron chi connectivity index (χ3n) is 9.52. The molecule has 2 aromatic heterocycles. The van der Waals surface area contributed by atoms with E-state index in [2.05, 4.69) is 31.9 Å². The lowest BCUT2D eigenvalue weighted by Crippen LogP contribution is -2.35. The lowest BCUT2D eigenvalue weighted by molar-refractivity contribution is 0.0305. The van der Waals surface area contributed by atoms with Gasteiger partial charge in [-0.15, -0.1) is 0 Å². The van der Waals surface area contributed by atoms with Gasteiger partial charge in [0.2, 0.25) is 0 Å². The Bertz CT molecular complexity index is 2990. The molecule has 320 valence electrons. The van der Waals surface area contributed by atoms with Crippen molar-refractivity contribution in [3.8, 4) is 0 Å². The van der Waals surface area contributed by atoms with Crippen LogP contribution in [0.5, 0.6) is 0 Å². The molecule has 0 aliphatic carbocycles. The number of nitrogens with zero attached hydrogens (tertiary/aromatic N) is 3. The summed E-state index contributed by atoms with van der Waals surface area (Å²) in [5.74, 6) is -1.25. The maximum absolute atomic E-state index is 14.0. The molecular weight excluding hydrogens is 1070 g/mol. The molecule has 1 aliphatic heterocycles. The SMILES string of the molecule is COC(=O)c1ccc(Br)c2cc(C3=CCN(C(=O)OC(C)(C)C)C3)n(S(=O)(=O)c3ccc(C)cc3)c12.COC(=O)c1ccc(Br)c2cc(I)n(S(=O)(=O)c3ccc(C)cc3)c12. The van der Waals surface area contributed by atoms with Crippen LogP contribution in [0.15, 0.2) is 110 Å². The Kier molecular flexibility index (Phi) is 13.4. The first-order valence-corrected chi connectivity index (χ1v) is 24.0. The number of methoxy groups -OCH3 is 2. The summed E-state index contributed by atoms with van der Waals surface area (Å²) in [4.78, 5) is 39.2. The van der Waals surface area contributed by atoms with Gasteiger partial charge < -0.3 is 19.1 Å².